The Morgan fingerprint density at radius 1 is 1.41 bits per heavy atom. The second kappa shape index (κ2) is 7.80. The smallest absolute Gasteiger partial charge is 0.151 e. The third-order valence-electron chi connectivity index (χ3n) is 3.56. The van der Waals surface area contributed by atoms with Gasteiger partial charge in [-0.05, 0) is 32.3 Å². The van der Waals surface area contributed by atoms with Gasteiger partial charge in [0.15, 0.2) is 5.82 Å². The van der Waals surface area contributed by atoms with E-state index in [0.717, 1.165) is 47.6 Å². The minimum atomic E-state index is -0.739. The van der Waals surface area contributed by atoms with Crippen LogP contribution in [0.4, 0.5) is 5.82 Å². The third-order valence-corrected chi connectivity index (χ3v) is 4.42. The first-order valence-corrected chi connectivity index (χ1v) is 9.25. The predicted octanol–water partition coefficient (Wildman–Crippen LogP) is 2.02. The van der Waals surface area contributed by atoms with Crippen molar-refractivity contribution in [3.63, 3.8) is 0 Å². The summed E-state index contributed by atoms with van der Waals surface area (Å²) < 4.78 is 18.9. The second-order valence-corrected chi connectivity index (χ2v) is 6.88. The zero-order valence-corrected chi connectivity index (χ0v) is 14.3. The monoisotopic (exact) mass is 324 g/mol. The predicted molar refractivity (Wildman–Crippen MR) is 90.2 cm³/mol. The van der Waals surface area contributed by atoms with E-state index in [1.54, 1.807) is 12.5 Å². The molecule has 2 aromatic heterocycles. The van der Waals surface area contributed by atoms with Crippen molar-refractivity contribution in [2.24, 2.45) is 0 Å². The fourth-order valence-electron chi connectivity index (χ4n) is 2.49. The number of anilines is 1. The van der Waals surface area contributed by atoms with Crippen molar-refractivity contribution in [1.29, 1.82) is 0 Å². The summed E-state index contributed by atoms with van der Waals surface area (Å²) in [6.45, 7) is 5.90. The number of nitrogens with two attached hydrogens (primary N) is 1. The highest BCUT2D eigenvalue weighted by atomic mass is 32.2. The van der Waals surface area contributed by atoms with E-state index < -0.39 is 11.2 Å². The van der Waals surface area contributed by atoms with E-state index in [0.29, 0.717) is 19.0 Å². The molecule has 122 valence electrons. The first-order valence-electron chi connectivity index (χ1n) is 7.52. The molecule has 2 aromatic rings. The normalized spacial score (nSPS) is 12.9. The van der Waals surface area contributed by atoms with Crippen LogP contribution in [-0.4, -0.2) is 37.7 Å². The number of ether oxygens (including phenoxy) is 1. The molecular weight excluding hydrogens is 300 g/mol. The van der Waals surface area contributed by atoms with Crippen LogP contribution < -0.4 is 5.73 Å². The largest absolute Gasteiger partial charge is 0.617 e. The van der Waals surface area contributed by atoms with Crippen LogP contribution in [-0.2, 0) is 29.1 Å². The number of rotatable bonds is 8. The average Bonchev–Trinajstić information content (AvgIpc) is 2.85. The molecule has 1 atom stereocenters. The van der Waals surface area contributed by atoms with Crippen LogP contribution in [0, 0.1) is 6.92 Å². The van der Waals surface area contributed by atoms with E-state index in [2.05, 4.69) is 14.5 Å². The van der Waals surface area contributed by atoms with Crippen LogP contribution in [0.3, 0.4) is 0 Å². The van der Waals surface area contributed by atoms with Crippen LogP contribution in [0.5, 0.6) is 0 Å². The quantitative estimate of drug-likeness (QED) is 0.593. The summed E-state index contributed by atoms with van der Waals surface area (Å²) in [4.78, 5) is 8.80. The van der Waals surface area contributed by atoms with Crippen LogP contribution in [0.15, 0.2) is 6.20 Å². The van der Waals surface area contributed by atoms with Crippen molar-refractivity contribution in [2.75, 3.05) is 24.3 Å². The molecule has 0 saturated heterocycles. The van der Waals surface area contributed by atoms with Gasteiger partial charge in [0.1, 0.15) is 23.7 Å². The zero-order valence-electron chi connectivity index (χ0n) is 13.5. The lowest BCUT2D eigenvalue weighted by Crippen LogP contribution is -2.09. The summed E-state index contributed by atoms with van der Waals surface area (Å²) in [5.41, 5.74) is 8.79. The Morgan fingerprint density at radius 2 is 2.18 bits per heavy atom. The first kappa shape index (κ1) is 17.1. The molecule has 0 aliphatic rings. The SMILES string of the molecule is CCOCc1nc2c(N)ncc(C)c2n1CCCC[S+](C)[O-]. The van der Waals surface area contributed by atoms with Crippen LogP contribution >= 0.6 is 0 Å². The zero-order chi connectivity index (χ0) is 16.1. The lowest BCUT2D eigenvalue weighted by molar-refractivity contribution is 0.126. The number of unbranched alkanes of at least 4 members (excludes halogenated alkanes) is 1. The highest BCUT2D eigenvalue weighted by molar-refractivity contribution is 7.90. The van der Waals surface area contributed by atoms with E-state index >= 15 is 0 Å². The lowest BCUT2D eigenvalue weighted by atomic mass is 10.2. The molecule has 6 nitrogen and oxygen atoms in total. The van der Waals surface area contributed by atoms with Gasteiger partial charge in [0.05, 0.1) is 11.8 Å². The van der Waals surface area contributed by atoms with Gasteiger partial charge in [0.2, 0.25) is 0 Å². The van der Waals surface area contributed by atoms with Gasteiger partial charge in [-0.2, -0.15) is 0 Å². The van der Waals surface area contributed by atoms with Crippen LogP contribution in [0.2, 0.25) is 0 Å². The highest BCUT2D eigenvalue weighted by Crippen LogP contribution is 2.24. The maximum Gasteiger partial charge on any atom is 0.151 e. The fourth-order valence-corrected chi connectivity index (χ4v) is 3.10. The number of nitrogens with zero attached hydrogens (tertiary/aromatic N) is 3. The number of aryl methyl sites for hydroxylation is 2. The van der Waals surface area contributed by atoms with Gasteiger partial charge in [-0.25, -0.2) is 9.97 Å². The van der Waals surface area contributed by atoms with Crippen molar-refractivity contribution >= 4 is 28.0 Å². The van der Waals surface area contributed by atoms with Crippen molar-refractivity contribution in [2.45, 2.75) is 39.8 Å². The van der Waals surface area contributed by atoms with E-state index in [4.69, 9.17) is 10.5 Å². The molecule has 2 heterocycles. The standard InChI is InChI=1S/C15H24N4O2S/c1-4-21-10-12-18-13-14(11(2)9-17-15(13)16)19(12)7-5-6-8-22(3)20/h9H,4-8,10H2,1-3H3,(H2,16,17). The van der Waals surface area contributed by atoms with Gasteiger partial charge in [-0.3, -0.25) is 0 Å². The second-order valence-electron chi connectivity index (χ2n) is 5.32. The molecule has 22 heavy (non-hydrogen) atoms. The molecule has 0 fully saturated rings. The maximum absolute atomic E-state index is 11.2. The molecule has 0 amide bonds. The highest BCUT2D eigenvalue weighted by Gasteiger charge is 2.15. The van der Waals surface area contributed by atoms with E-state index in [9.17, 15) is 4.55 Å². The molecule has 0 saturated carbocycles. The van der Waals surface area contributed by atoms with Crippen molar-refractivity contribution in [3.8, 4) is 0 Å². The van der Waals surface area contributed by atoms with Gasteiger partial charge < -0.3 is 19.6 Å². The van der Waals surface area contributed by atoms with Gasteiger partial charge in [-0.15, -0.1) is 0 Å². The topological polar surface area (TPSA) is 89.0 Å². The molecule has 0 aliphatic heterocycles. The van der Waals surface area contributed by atoms with Gasteiger partial charge in [0.25, 0.3) is 0 Å². The molecule has 0 spiro atoms. The van der Waals surface area contributed by atoms with Gasteiger partial charge in [0, 0.05) is 19.3 Å². The Labute approximate surface area is 134 Å². The van der Waals surface area contributed by atoms with Crippen molar-refractivity contribution in [3.05, 3.63) is 17.6 Å². The minimum absolute atomic E-state index is 0.451. The average molecular weight is 324 g/mol. The Hall–Kier alpha value is -1.31. The number of nitrogen functional groups attached to an aromatic ring is 1. The number of fused-ring (bicyclic) bond motifs is 1. The molecule has 0 aliphatic carbocycles. The molecule has 1 unspecified atom stereocenters. The number of hydrogen-bond donors (Lipinski definition) is 1. The van der Waals surface area contributed by atoms with Gasteiger partial charge in [-0.1, -0.05) is 11.2 Å². The Balaban J connectivity index is 2.28. The molecule has 2 N–H and O–H groups in total. The van der Waals surface area contributed by atoms with Crippen molar-refractivity contribution in [1.82, 2.24) is 14.5 Å². The van der Waals surface area contributed by atoms with E-state index in [-0.39, 0.29) is 0 Å². The Bertz CT molecular complexity index is 628. The summed E-state index contributed by atoms with van der Waals surface area (Å²) in [7, 11) is 0. The van der Waals surface area contributed by atoms with Crippen LogP contribution in [0.25, 0.3) is 11.0 Å². The third kappa shape index (κ3) is 3.91. The van der Waals surface area contributed by atoms with E-state index in [1.165, 1.54) is 0 Å². The lowest BCUT2D eigenvalue weighted by Gasteiger charge is -2.11. The number of imidazole rings is 1. The molecule has 0 bridgehead atoms. The first-order chi connectivity index (χ1) is 10.5. The summed E-state index contributed by atoms with van der Waals surface area (Å²) in [6, 6.07) is 0. The fraction of sp³-hybridized carbons (Fsp3) is 0.600. The molecule has 0 radical (unpaired) electrons. The maximum atomic E-state index is 11.2. The van der Waals surface area contributed by atoms with Crippen LogP contribution in [0.1, 0.15) is 31.2 Å². The molecule has 0 aromatic carbocycles. The molecular formula is C15H24N4O2S. The van der Waals surface area contributed by atoms with Gasteiger partial charge >= 0.3 is 0 Å². The minimum Gasteiger partial charge on any atom is -0.617 e. The summed E-state index contributed by atoms with van der Waals surface area (Å²) in [5, 5.41) is 0. The molecule has 2 rings (SSSR count). The Morgan fingerprint density at radius 3 is 2.86 bits per heavy atom. The number of pyridine rings is 1. The van der Waals surface area contributed by atoms with E-state index in [1.807, 2.05) is 13.8 Å². The summed E-state index contributed by atoms with van der Waals surface area (Å²) in [6.07, 6.45) is 5.40. The number of aromatic nitrogens is 3. The van der Waals surface area contributed by atoms with Crippen molar-refractivity contribution < 1.29 is 9.29 Å². The Kier molecular flexibility index (Phi) is 6.05. The number of hydrogen-bond acceptors (Lipinski definition) is 5. The summed E-state index contributed by atoms with van der Waals surface area (Å²) in [5.74, 6) is 2.06. The summed E-state index contributed by atoms with van der Waals surface area (Å²) >= 11 is -0.739. The molecule has 7 heteroatoms.